The Kier molecular flexibility index (Phi) is 8.45. The van der Waals surface area contributed by atoms with Crippen molar-refractivity contribution in [3.8, 4) is 11.5 Å². The molecule has 0 saturated carbocycles. The standard InChI is InChI=1S/C31H37N3O4S/c1-21-19-25(38-24-11-8-7-9-12-24)14-15-26(21)34(23(3)35)28(27-13-10-18-39-27)29(36)32-16-17-33(22(2)20-32)30(37)31(4,5)6/h7-15,18-19,22,28H,16-17,20H2,1-6H3. The largest absolute Gasteiger partial charge is 0.457 e. The van der Waals surface area contributed by atoms with Crippen LogP contribution < -0.4 is 9.64 Å². The zero-order valence-electron chi connectivity index (χ0n) is 23.5. The molecule has 3 aromatic rings. The molecule has 1 aliphatic heterocycles. The highest BCUT2D eigenvalue weighted by Crippen LogP contribution is 2.36. The van der Waals surface area contributed by atoms with E-state index in [9.17, 15) is 14.4 Å². The van der Waals surface area contributed by atoms with Crippen molar-refractivity contribution in [1.82, 2.24) is 9.80 Å². The van der Waals surface area contributed by atoms with Crippen LogP contribution in [-0.4, -0.2) is 53.2 Å². The quantitative estimate of drug-likeness (QED) is 0.377. The number of ether oxygens (including phenoxy) is 1. The summed E-state index contributed by atoms with van der Waals surface area (Å²) >= 11 is 1.45. The molecule has 4 rings (SSSR count). The molecule has 2 aromatic carbocycles. The lowest BCUT2D eigenvalue weighted by Gasteiger charge is -2.44. The summed E-state index contributed by atoms with van der Waals surface area (Å²) in [6, 6.07) is 17.9. The maximum Gasteiger partial charge on any atom is 0.251 e. The second-order valence-electron chi connectivity index (χ2n) is 11.1. The summed E-state index contributed by atoms with van der Waals surface area (Å²) in [6.07, 6.45) is 0. The molecule has 1 aromatic heterocycles. The number of hydrogen-bond donors (Lipinski definition) is 0. The van der Waals surface area contributed by atoms with Gasteiger partial charge in [-0.3, -0.25) is 19.3 Å². The van der Waals surface area contributed by atoms with Crippen molar-refractivity contribution in [2.75, 3.05) is 24.5 Å². The van der Waals surface area contributed by atoms with E-state index in [4.69, 9.17) is 4.74 Å². The van der Waals surface area contributed by atoms with Gasteiger partial charge in [-0.1, -0.05) is 45.0 Å². The highest BCUT2D eigenvalue weighted by Gasteiger charge is 2.40. The number of carbonyl (C=O) groups is 3. The molecule has 1 fully saturated rings. The van der Waals surface area contributed by atoms with Crippen LogP contribution in [0.3, 0.4) is 0 Å². The van der Waals surface area contributed by atoms with Gasteiger partial charge in [0.25, 0.3) is 5.91 Å². The number of carbonyl (C=O) groups excluding carboxylic acids is 3. The minimum Gasteiger partial charge on any atom is -0.457 e. The van der Waals surface area contributed by atoms with E-state index in [1.165, 1.54) is 18.3 Å². The van der Waals surface area contributed by atoms with Gasteiger partial charge in [-0.15, -0.1) is 11.3 Å². The Bertz CT molecular complexity index is 1320. The van der Waals surface area contributed by atoms with E-state index in [-0.39, 0.29) is 23.8 Å². The summed E-state index contributed by atoms with van der Waals surface area (Å²) in [5, 5.41) is 1.92. The smallest absolute Gasteiger partial charge is 0.251 e. The Hall–Kier alpha value is -3.65. The molecular weight excluding hydrogens is 510 g/mol. The van der Waals surface area contributed by atoms with Crippen LogP contribution in [0.5, 0.6) is 11.5 Å². The molecular formula is C31H37N3O4S. The van der Waals surface area contributed by atoms with Crippen molar-refractivity contribution in [3.05, 3.63) is 76.5 Å². The van der Waals surface area contributed by atoms with Crippen LogP contribution in [0.25, 0.3) is 0 Å². The van der Waals surface area contributed by atoms with Gasteiger partial charge in [0.15, 0.2) is 0 Å². The van der Waals surface area contributed by atoms with Crippen LogP contribution in [0, 0.1) is 12.3 Å². The van der Waals surface area contributed by atoms with E-state index >= 15 is 0 Å². The van der Waals surface area contributed by atoms with E-state index < -0.39 is 11.5 Å². The number of aryl methyl sites for hydroxylation is 1. The molecule has 0 aliphatic carbocycles. The second-order valence-corrected chi connectivity index (χ2v) is 12.0. The Morgan fingerprint density at radius 1 is 1.00 bits per heavy atom. The first-order chi connectivity index (χ1) is 18.5. The van der Waals surface area contributed by atoms with E-state index in [0.29, 0.717) is 31.1 Å². The first kappa shape index (κ1) is 28.4. The lowest BCUT2D eigenvalue weighted by atomic mass is 9.93. The molecule has 1 saturated heterocycles. The van der Waals surface area contributed by atoms with E-state index in [0.717, 1.165) is 16.2 Å². The van der Waals surface area contributed by atoms with Gasteiger partial charge in [0, 0.05) is 48.6 Å². The molecule has 8 heteroatoms. The fourth-order valence-electron chi connectivity index (χ4n) is 4.95. The van der Waals surface area contributed by atoms with Gasteiger partial charge >= 0.3 is 0 Å². The number of nitrogens with zero attached hydrogens (tertiary/aromatic N) is 3. The van der Waals surface area contributed by atoms with Crippen molar-refractivity contribution < 1.29 is 19.1 Å². The SMILES string of the molecule is CC(=O)N(c1ccc(Oc2ccccc2)cc1C)C(C(=O)N1CCN(C(=O)C(C)(C)C)C(C)C1)c1cccs1. The van der Waals surface area contributed by atoms with Gasteiger partial charge < -0.3 is 14.5 Å². The summed E-state index contributed by atoms with van der Waals surface area (Å²) in [6.45, 7) is 12.4. The van der Waals surface area contributed by atoms with Crippen LogP contribution in [0.15, 0.2) is 66.0 Å². The van der Waals surface area contributed by atoms with Crippen LogP contribution >= 0.6 is 11.3 Å². The molecule has 39 heavy (non-hydrogen) atoms. The number of piperazine rings is 1. The third-order valence-corrected chi connectivity index (χ3v) is 7.82. The molecule has 0 N–H and O–H groups in total. The number of para-hydroxylation sites is 1. The van der Waals surface area contributed by atoms with Crippen molar-refractivity contribution >= 4 is 34.7 Å². The minimum absolute atomic E-state index is 0.0794. The Labute approximate surface area is 235 Å². The molecule has 0 radical (unpaired) electrons. The number of amides is 3. The van der Waals surface area contributed by atoms with Crippen LogP contribution in [0.1, 0.15) is 51.1 Å². The molecule has 2 heterocycles. The number of hydrogen-bond acceptors (Lipinski definition) is 5. The Balaban J connectivity index is 1.63. The molecule has 3 amide bonds. The van der Waals surface area contributed by atoms with Crippen molar-refractivity contribution in [3.63, 3.8) is 0 Å². The third kappa shape index (κ3) is 6.33. The van der Waals surface area contributed by atoms with E-state index in [1.54, 1.807) is 9.80 Å². The minimum atomic E-state index is -0.806. The number of benzene rings is 2. The van der Waals surface area contributed by atoms with Gasteiger partial charge in [0.05, 0.1) is 0 Å². The van der Waals surface area contributed by atoms with Gasteiger partial charge in [-0.2, -0.15) is 0 Å². The number of rotatable bonds is 6. The summed E-state index contributed by atoms with van der Waals surface area (Å²) < 4.78 is 5.99. The van der Waals surface area contributed by atoms with Crippen LogP contribution in [0.4, 0.5) is 5.69 Å². The zero-order valence-corrected chi connectivity index (χ0v) is 24.3. The maximum absolute atomic E-state index is 14.2. The van der Waals surface area contributed by atoms with Crippen LogP contribution in [0.2, 0.25) is 0 Å². The Morgan fingerprint density at radius 2 is 1.72 bits per heavy atom. The predicted octanol–water partition coefficient (Wildman–Crippen LogP) is 6.05. The predicted molar refractivity (Wildman–Crippen MR) is 155 cm³/mol. The van der Waals surface area contributed by atoms with Gasteiger partial charge in [0.2, 0.25) is 11.8 Å². The van der Waals surface area contributed by atoms with E-state index in [1.807, 2.05) is 106 Å². The van der Waals surface area contributed by atoms with Gasteiger partial charge in [-0.25, -0.2) is 0 Å². The molecule has 1 aliphatic rings. The van der Waals surface area contributed by atoms with Crippen molar-refractivity contribution in [2.24, 2.45) is 5.41 Å². The van der Waals surface area contributed by atoms with Gasteiger partial charge in [0.1, 0.15) is 17.5 Å². The van der Waals surface area contributed by atoms with Crippen molar-refractivity contribution in [1.29, 1.82) is 0 Å². The second kappa shape index (κ2) is 11.6. The average Bonchev–Trinajstić information content (AvgIpc) is 3.41. The third-order valence-electron chi connectivity index (χ3n) is 6.89. The van der Waals surface area contributed by atoms with Gasteiger partial charge in [-0.05, 0) is 61.2 Å². The highest BCUT2D eigenvalue weighted by atomic mass is 32.1. The van der Waals surface area contributed by atoms with Crippen molar-refractivity contribution in [2.45, 2.75) is 53.6 Å². The fourth-order valence-corrected chi connectivity index (χ4v) is 5.75. The first-order valence-corrected chi connectivity index (χ1v) is 14.1. The normalized spacial score (nSPS) is 16.5. The highest BCUT2D eigenvalue weighted by molar-refractivity contribution is 7.10. The lowest BCUT2D eigenvalue weighted by Crippen LogP contribution is -2.59. The number of thiophene rings is 1. The molecule has 206 valence electrons. The maximum atomic E-state index is 14.2. The number of anilines is 1. The summed E-state index contributed by atoms with van der Waals surface area (Å²) in [7, 11) is 0. The zero-order chi connectivity index (χ0) is 28.3. The average molecular weight is 548 g/mol. The molecule has 2 unspecified atom stereocenters. The summed E-state index contributed by atoms with van der Waals surface area (Å²) in [5.41, 5.74) is 0.991. The molecule has 0 spiro atoms. The van der Waals surface area contributed by atoms with Crippen LogP contribution in [-0.2, 0) is 14.4 Å². The Morgan fingerprint density at radius 3 is 2.28 bits per heavy atom. The molecule has 0 bridgehead atoms. The molecule has 7 nitrogen and oxygen atoms in total. The monoisotopic (exact) mass is 547 g/mol. The topological polar surface area (TPSA) is 70.2 Å². The lowest BCUT2D eigenvalue weighted by molar-refractivity contribution is -0.148. The summed E-state index contributed by atoms with van der Waals surface area (Å²) in [4.78, 5) is 46.3. The van der Waals surface area contributed by atoms with E-state index in [2.05, 4.69) is 0 Å². The molecule has 2 atom stereocenters. The fraction of sp³-hybridized carbons (Fsp3) is 0.387. The first-order valence-electron chi connectivity index (χ1n) is 13.2. The summed E-state index contributed by atoms with van der Waals surface area (Å²) in [5.74, 6) is 1.08.